The fourth-order valence-corrected chi connectivity index (χ4v) is 3.13. The lowest BCUT2D eigenvalue weighted by Crippen LogP contribution is -2.27. The average Bonchev–Trinajstić information content (AvgIpc) is 3.27. The summed E-state index contributed by atoms with van der Waals surface area (Å²) in [6, 6.07) is 2.28. The summed E-state index contributed by atoms with van der Waals surface area (Å²) < 4.78 is 3.63. The molecule has 10 heteroatoms. The van der Waals surface area contributed by atoms with Crippen molar-refractivity contribution >= 4 is 28.8 Å². The number of carbonyl (C=O) groups is 1. The number of nitrogen functional groups attached to an aromatic ring is 1. The van der Waals surface area contributed by atoms with Gasteiger partial charge in [-0.25, -0.2) is 4.98 Å². The highest BCUT2D eigenvalue weighted by Crippen LogP contribution is 2.27. The summed E-state index contributed by atoms with van der Waals surface area (Å²) in [6.45, 7) is 3.06. The number of nitrogens with two attached hydrogens (primary N) is 1. The fraction of sp³-hybridized carbons (Fsp3) is 0.500. The van der Waals surface area contributed by atoms with Gasteiger partial charge < -0.3 is 20.9 Å². The molecule has 1 fully saturated rings. The van der Waals surface area contributed by atoms with E-state index in [4.69, 9.17) is 5.73 Å². The molecular weight excluding hydrogens is 358 g/mol. The smallest absolute Gasteiger partial charge is 0.271 e. The zero-order valence-corrected chi connectivity index (χ0v) is 16.1. The Hall–Kier alpha value is -3.17. The molecule has 148 valence electrons. The maximum Gasteiger partial charge on any atom is 0.271 e. The highest BCUT2D eigenvalue weighted by molar-refractivity contribution is 5.92. The first-order valence-electron chi connectivity index (χ1n) is 9.61. The van der Waals surface area contributed by atoms with Gasteiger partial charge in [0.05, 0.1) is 6.33 Å². The third-order valence-electron chi connectivity index (χ3n) is 4.75. The quantitative estimate of drug-likeness (QED) is 0.531. The van der Waals surface area contributed by atoms with Crippen molar-refractivity contribution in [3.05, 3.63) is 23.8 Å². The Morgan fingerprint density at radius 2 is 2.18 bits per heavy atom. The number of hydrogen-bond acceptors (Lipinski definition) is 7. The highest BCUT2D eigenvalue weighted by atomic mass is 16.1. The van der Waals surface area contributed by atoms with Crippen LogP contribution in [0, 0.1) is 0 Å². The predicted octanol–water partition coefficient (Wildman–Crippen LogP) is 1.10. The highest BCUT2D eigenvalue weighted by Gasteiger charge is 2.24. The second-order valence-electron chi connectivity index (χ2n) is 7.11. The standard InChI is InChI=1S/C18H25N9O/c1-3-4-12-9-13(25-26(12)2)17(28)20-7-8-27-10-21-14-15(22-11-5-6-11)23-18(19)24-16(14)27/h9-11H,3-8H2,1-2H3,(H,20,28)(H3,19,22,23,24). The van der Waals surface area contributed by atoms with E-state index in [1.165, 1.54) is 0 Å². The van der Waals surface area contributed by atoms with Gasteiger partial charge in [0, 0.05) is 31.9 Å². The van der Waals surface area contributed by atoms with E-state index in [0.717, 1.165) is 31.4 Å². The summed E-state index contributed by atoms with van der Waals surface area (Å²) >= 11 is 0. The maximum absolute atomic E-state index is 12.4. The molecule has 0 bridgehead atoms. The number of aromatic nitrogens is 6. The molecule has 0 unspecified atom stereocenters. The van der Waals surface area contributed by atoms with Crippen LogP contribution in [-0.2, 0) is 20.0 Å². The van der Waals surface area contributed by atoms with Crippen LogP contribution in [0.15, 0.2) is 12.4 Å². The summed E-state index contributed by atoms with van der Waals surface area (Å²) in [7, 11) is 1.86. The Bertz CT molecular complexity index is 1000. The number of carbonyl (C=O) groups excluding carboxylic acids is 1. The molecule has 0 atom stereocenters. The van der Waals surface area contributed by atoms with Gasteiger partial charge in [-0.1, -0.05) is 13.3 Å². The molecule has 3 heterocycles. The van der Waals surface area contributed by atoms with Crippen molar-refractivity contribution in [2.75, 3.05) is 17.6 Å². The molecule has 1 aliphatic carbocycles. The topological polar surface area (TPSA) is 129 Å². The van der Waals surface area contributed by atoms with E-state index in [-0.39, 0.29) is 11.9 Å². The van der Waals surface area contributed by atoms with Crippen LogP contribution in [0.3, 0.4) is 0 Å². The van der Waals surface area contributed by atoms with E-state index in [1.807, 2.05) is 17.7 Å². The van der Waals surface area contributed by atoms with Gasteiger partial charge in [-0.2, -0.15) is 15.1 Å². The molecule has 0 aromatic carbocycles. The van der Waals surface area contributed by atoms with Gasteiger partial charge in [-0.05, 0) is 25.3 Å². The van der Waals surface area contributed by atoms with Crippen LogP contribution >= 0.6 is 0 Å². The molecule has 0 spiro atoms. The monoisotopic (exact) mass is 383 g/mol. The average molecular weight is 383 g/mol. The molecule has 4 N–H and O–H groups in total. The third kappa shape index (κ3) is 3.75. The number of rotatable bonds is 8. The molecule has 28 heavy (non-hydrogen) atoms. The molecule has 0 saturated heterocycles. The maximum atomic E-state index is 12.4. The number of nitrogens with one attached hydrogen (secondary N) is 2. The Balaban J connectivity index is 1.42. The lowest BCUT2D eigenvalue weighted by atomic mass is 10.2. The number of imidazole rings is 1. The Morgan fingerprint density at radius 3 is 2.93 bits per heavy atom. The first-order chi connectivity index (χ1) is 13.5. The summed E-state index contributed by atoms with van der Waals surface area (Å²) in [5.74, 6) is 0.690. The normalized spacial score (nSPS) is 13.8. The SMILES string of the molecule is CCCc1cc(C(=O)NCCn2cnc3c(NC4CC4)nc(N)nc32)nn1C. The molecule has 0 radical (unpaired) electrons. The van der Waals surface area contributed by atoms with Crippen LogP contribution in [0.1, 0.15) is 42.4 Å². The van der Waals surface area contributed by atoms with Crippen LogP contribution in [0.4, 0.5) is 11.8 Å². The van der Waals surface area contributed by atoms with E-state index in [9.17, 15) is 4.79 Å². The van der Waals surface area contributed by atoms with Crippen molar-refractivity contribution in [1.82, 2.24) is 34.6 Å². The Morgan fingerprint density at radius 1 is 1.36 bits per heavy atom. The summed E-state index contributed by atoms with van der Waals surface area (Å²) in [6.07, 6.45) is 5.87. The second kappa shape index (κ2) is 7.45. The summed E-state index contributed by atoms with van der Waals surface area (Å²) in [5.41, 5.74) is 8.70. The van der Waals surface area contributed by atoms with Gasteiger partial charge in [-0.3, -0.25) is 9.48 Å². The molecule has 1 aliphatic rings. The van der Waals surface area contributed by atoms with Gasteiger partial charge in [0.1, 0.15) is 5.69 Å². The number of hydrogen-bond donors (Lipinski definition) is 3. The first-order valence-corrected chi connectivity index (χ1v) is 9.61. The van der Waals surface area contributed by atoms with Crippen LogP contribution in [0.25, 0.3) is 11.2 Å². The number of amides is 1. The van der Waals surface area contributed by atoms with Crippen molar-refractivity contribution in [2.24, 2.45) is 7.05 Å². The number of aryl methyl sites for hydroxylation is 2. The minimum atomic E-state index is -0.187. The molecule has 4 rings (SSSR count). The van der Waals surface area contributed by atoms with Gasteiger partial charge in [0.2, 0.25) is 5.95 Å². The lowest BCUT2D eigenvalue weighted by molar-refractivity contribution is 0.0946. The minimum Gasteiger partial charge on any atom is -0.368 e. The van der Waals surface area contributed by atoms with Crippen LogP contribution < -0.4 is 16.4 Å². The lowest BCUT2D eigenvalue weighted by Gasteiger charge is -2.07. The molecule has 3 aromatic rings. The largest absolute Gasteiger partial charge is 0.368 e. The molecule has 10 nitrogen and oxygen atoms in total. The molecule has 1 saturated carbocycles. The molecular formula is C18H25N9O. The van der Waals surface area contributed by atoms with E-state index < -0.39 is 0 Å². The van der Waals surface area contributed by atoms with Crippen LogP contribution in [0.5, 0.6) is 0 Å². The van der Waals surface area contributed by atoms with Crippen molar-refractivity contribution in [1.29, 1.82) is 0 Å². The molecule has 0 aliphatic heterocycles. The molecule has 1 amide bonds. The zero-order chi connectivity index (χ0) is 19.7. The predicted molar refractivity (Wildman–Crippen MR) is 106 cm³/mol. The number of nitrogens with zero attached hydrogens (tertiary/aromatic N) is 6. The van der Waals surface area contributed by atoms with E-state index >= 15 is 0 Å². The summed E-state index contributed by atoms with van der Waals surface area (Å²) in [4.78, 5) is 25.4. The van der Waals surface area contributed by atoms with Gasteiger partial charge in [-0.15, -0.1) is 0 Å². The van der Waals surface area contributed by atoms with E-state index in [1.54, 1.807) is 11.0 Å². The van der Waals surface area contributed by atoms with Crippen molar-refractivity contribution in [3.8, 4) is 0 Å². The second-order valence-corrected chi connectivity index (χ2v) is 7.11. The zero-order valence-electron chi connectivity index (χ0n) is 16.1. The van der Waals surface area contributed by atoms with Gasteiger partial charge in [0.25, 0.3) is 5.91 Å². The summed E-state index contributed by atoms with van der Waals surface area (Å²) in [5, 5.41) is 10.5. The number of anilines is 2. The minimum absolute atomic E-state index is 0.187. The van der Waals surface area contributed by atoms with Gasteiger partial charge in [0.15, 0.2) is 17.0 Å². The van der Waals surface area contributed by atoms with Crippen molar-refractivity contribution in [3.63, 3.8) is 0 Å². The van der Waals surface area contributed by atoms with Crippen LogP contribution in [-0.4, -0.2) is 47.8 Å². The molecule has 3 aromatic heterocycles. The fourth-order valence-electron chi connectivity index (χ4n) is 3.13. The Kier molecular flexibility index (Phi) is 4.84. The number of fused-ring (bicyclic) bond motifs is 1. The first kappa shape index (κ1) is 18.2. The van der Waals surface area contributed by atoms with Crippen LogP contribution in [0.2, 0.25) is 0 Å². The van der Waals surface area contributed by atoms with E-state index in [2.05, 4.69) is 37.6 Å². The van der Waals surface area contributed by atoms with E-state index in [0.29, 0.717) is 41.8 Å². The third-order valence-corrected chi connectivity index (χ3v) is 4.75. The Labute approximate surface area is 162 Å². The van der Waals surface area contributed by atoms with Crippen molar-refractivity contribution in [2.45, 2.75) is 45.2 Å². The van der Waals surface area contributed by atoms with Crippen molar-refractivity contribution < 1.29 is 4.79 Å². The van der Waals surface area contributed by atoms with Gasteiger partial charge >= 0.3 is 0 Å².